The number of fused-ring (bicyclic) bond motifs is 2. The number of allylic oxidation sites excluding steroid dienone is 4. The maximum Gasteiger partial charge on any atom is 0.405 e. The molecule has 1 aromatic heterocycles. The number of nitrogens with one attached hydrogen (secondary N) is 2. The van der Waals surface area contributed by atoms with Crippen LogP contribution < -0.4 is 16.4 Å². The van der Waals surface area contributed by atoms with E-state index in [1.54, 1.807) is 38.1 Å². The summed E-state index contributed by atoms with van der Waals surface area (Å²) in [5.41, 5.74) is 5.64. The van der Waals surface area contributed by atoms with Crippen LogP contribution in [0.5, 0.6) is 0 Å². The van der Waals surface area contributed by atoms with Gasteiger partial charge in [-0.05, 0) is 50.3 Å². The summed E-state index contributed by atoms with van der Waals surface area (Å²) < 4.78 is 16.6. The van der Waals surface area contributed by atoms with Crippen LogP contribution in [0.4, 0.5) is 4.79 Å². The van der Waals surface area contributed by atoms with E-state index in [-0.39, 0.29) is 47.0 Å². The number of primary amides is 1. The zero-order chi connectivity index (χ0) is 34.8. The summed E-state index contributed by atoms with van der Waals surface area (Å²) in [5, 5.41) is 16.4. The fraction of sp³-hybridized carbons (Fsp3) is 0.412. The van der Waals surface area contributed by atoms with Crippen molar-refractivity contribution in [3.8, 4) is 0 Å². The van der Waals surface area contributed by atoms with Crippen LogP contribution in [-0.4, -0.2) is 78.2 Å². The fourth-order valence-corrected chi connectivity index (χ4v) is 5.40. The molecular weight excluding hydrogens is 608 g/mol. The molecular formula is C34H42N4O9. The molecule has 0 radical (unpaired) electrons. The van der Waals surface area contributed by atoms with Crippen molar-refractivity contribution >= 4 is 29.5 Å². The van der Waals surface area contributed by atoms with Crippen LogP contribution in [0.2, 0.25) is 0 Å². The number of ketones is 2. The fourth-order valence-electron chi connectivity index (χ4n) is 5.40. The number of amides is 3. The predicted octanol–water partition coefficient (Wildman–Crippen LogP) is 2.59. The summed E-state index contributed by atoms with van der Waals surface area (Å²) in [6.07, 6.45) is 4.36. The molecule has 2 heterocycles. The molecule has 13 nitrogen and oxygen atoms in total. The van der Waals surface area contributed by atoms with Crippen LogP contribution in [0.15, 0.2) is 82.9 Å². The lowest BCUT2D eigenvalue weighted by molar-refractivity contribution is -0.120. The zero-order valence-electron chi connectivity index (χ0n) is 27.3. The average molecular weight is 651 g/mol. The van der Waals surface area contributed by atoms with Crippen LogP contribution in [0.3, 0.4) is 0 Å². The number of nitrogens with two attached hydrogens (primary N) is 1. The number of aromatic nitrogens is 1. The Morgan fingerprint density at radius 2 is 1.83 bits per heavy atom. The number of hydrogen-bond acceptors (Lipinski definition) is 10. The van der Waals surface area contributed by atoms with Crippen molar-refractivity contribution < 1.29 is 43.3 Å². The van der Waals surface area contributed by atoms with Gasteiger partial charge in [0.1, 0.15) is 11.8 Å². The summed E-state index contributed by atoms with van der Waals surface area (Å²) in [5.74, 6) is -3.52. The molecule has 6 atom stereocenters. The van der Waals surface area contributed by atoms with Gasteiger partial charge in [-0.25, -0.2) is 4.79 Å². The number of aliphatic hydroxyl groups excluding tert-OH is 1. The van der Waals surface area contributed by atoms with Crippen molar-refractivity contribution in [1.29, 1.82) is 0 Å². The second-order valence-electron chi connectivity index (χ2n) is 11.6. The SMILES string of the molecule is CO[C@@H]1/C=C\C=C(\C)C(=O)NC2=CC(=O)C(NC(=O)c3ccccn3)=C(C[C@@H](C)C[C@@H](OC)[C@@H](O)[C@@H](C)/C=C(/C)[C@H]1OC(N)=O)C2=O. The van der Waals surface area contributed by atoms with E-state index >= 15 is 0 Å². The normalized spacial score (nSPS) is 29.4. The van der Waals surface area contributed by atoms with Gasteiger partial charge in [0.05, 0.1) is 23.6 Å². The minimum absolute atomic E-state index is 0.00699. The van der Waals surface area contributed by atoms with E-state index in [1.165, 1.54) is 45.6 Å². The van der Waals surface area contributed by atoms with Crippen molar-refractivity contribution in [2.45, 2.75) is 65.0 Å². The van der Waals surface area contributed by atoms with Crippen LogP contribution in [0, 0.1) is 11.8 Å². The molecule has 0 unspecified atom stereocenters. The molecule has 0 saturated carbocycles. The van der Waals surface area contributed by atoms with Gasteiger partial charge >= 0.3 is 6.09 Å². The first-order valence-electron chi connectivity index (χ1n) is 15.1. The van der Waals surface area contributed by atoms with Crippen LogP contribution >= 0.6 is 0 Å². The van der Waals surface area contributed by atoms with E-state index in [2.05, 4.69) is 15.6 Å². The highest BCUT2D eigenvalue weighted by Crippen LogP contribution is 2.29. The Balaban J connectivity index is 2.09. The molecule has 5 N–H and O–H groups in total. The quantitative estimate of drug-likeness (QED) is 0.272. The highest BCUT2D eigenvalue weighted by molar-refractivity contribution is 6.24. The number of nitrogens with zero attached hydrogens (tertiary/aromatic N) is 1. The smallest absolute Gasteiger partial charge is 0.405 e. The van der Waals surface area contributed by atoms with E-state index in [4.69, 9.17) is 19.9 Å². The van der Waals surface area contributed by atoms with Crippen molar-refractivity contribution in [3.63, 3.8) is 0 Å². The Labute approximate surface area is 273 Å². The number of pyridine rings is 1. The summed E-state index contributed by atoms with van der Waals surface area (Å²) in [6, 6.07) is 4.71. The molecule has 0 fully saturated rings. The molecule has 13 heteroatoms. The maximum absolute atomic E-state index is 13.8. The molecule has 47 heavy (non-hydrogen) atoms. The maximum atomic E-state index is 13.8. The van der Waals surface area contributed by atoms with E-state index in [9.17, 15) is 29.1 Å². The number of Topliss-reactive ketones (excluding diaryl/α,β-unsaturated/α-hetero) is 1. The molecule has 2 aliphatic rings. The van der Waals surface area contributed by atoms with Crippen molar-refractivity contribution in [1.82, 2.24) is 15.6 Å². The summed E-state index contributed by atoms with van der Waals surface area (Å²) in [4.78, 5) is 69.0. The highest BCUT2D eigenvalue weighted by atomic mass is 16.6. The van der Waals surface area contributed by atoms with Crippen molar-refractivity contribution in [2.24, 2.45) is 17.6 Å². The second-order valence-corrected chi connectivity index (χ2v) is 11.6. The van der Waals surface area contributed by atoms with Gasteiger partial charge in [0.15, 0.2) is 6.10 Å². The number of carbonyl (C=O) groups excluding carboxylic acids is 5. The molecule has 252 valence electrons. The second kappa shape index (κ2) is 16.7. The summed E-state index contributed by atoms with van der Waals surface area (Å²) in [7, 11) is 2.86. The van der Waals surface area contributed by atoms with Crippen LogP contribution in [0.1, 0.15) is 51.0 Å². The summed E-state index contributed by atoms with van der Waals surface area (Å²) >= 11 is 0. The number of hydrogen-bond donors (Lipinski definition) is 4. The monoisotopic (exact) mass is 650 g/mol. The van der Waals surface area contributed by atoms with Gasteiger partial charge in [-0.15, -0.1) is 0 Å². The van der Waals surface area contributed by atoms with Crippen LogP contribution in [-0.2, 0) is 28.6 Å². The number of methoxy groups -OCH3 is 2. The first-order valence-corrected chi connectivity index (χ1v) is 15.1. The molecule has 1 aliphatic carbocycles. The number of aliphatic hydroxyl groups is 1. The van der Waals surface area contributed by atoms with E-state index < -0.39 is 59.8 Å². The van der Waals surface area contributed by atoms with Gasteiger partial charge in [0.2, 0.25) is 11.6 Å². The first-order chi connectivity index (χ1) is 22.3. The molecule has 1 aliphatic heterocycles. The third kappa shape index (κ3) is 9.64. The van der Waals surface area contributed by atoms with Crippen molar-refractivity contribution in [2.75, 3.05) is 14.2 Å². The first kappa shape index (κ1) is 36.7. The third-order valence-corrected chi connectivity index (χ3v) is 7.93. The van der Waals surface area contributed by atoms with Gasteiger partial charge < -0.3 is 35.7 Å². The minimum atomic E-state index is -1.04. The van der Waals surface area contributed by atoms with Gasteiger partial charge in [0, 0.05) is 43.6 Å². The lowest BCUT2D eigenvalue weighted by atomic mass is 9.85. The third-order valence-electron chi connectivity index (χ3n) is 7.93. The lowest BCUT2D eigenvalue weighted by Gasteiger charge is -2.30. The molecule has 3 rings (SSSR count). The van der Waals surface area contributed by atoms with Crippen LogP contribution in [0.25, 0.3) is 0 Å². The number of ether oxygens (including phenoxy) is 3. The minimum Gasteiger partial charge on any atom is -0.439 e. The number of carbonyl (C=O) groups is 5. The standard InChI is InChI=1S/C34H42N4O9/c1-18-14-22-28(38-33(43)23-11-7-8-13-36-23)25(39)17-24(30(22)41)37-32(42)19(2)10-9-12-26(45-5)31(47-34(35)44)21(4)16-20(3)29(40)27(15-18)46-6/h7-13,16-18,20,26-27,29,31,40H,14-15H2,1-6H3,(H2,35,44)(H,37,42)(H,38,43)/b12-9-,19-10-,21-16-/t18-,20+,26-,27-,29+,31-/m1/s1. The zero-order valence-corrected chi connectivity index (χ0v) is 27.3. The molecule has 1 aromatic rings. The van der Waals surface area contributed by atoms with Gasteiger partial charge in [-0.1, -0.05) is 44.2 Å². The van der Waals surface area contributed by atoms with E-state index in [1.807, 2.05) is 6.92 Å². The number of rotatable bonds is 5. The molecule has 0 aromatic carbocycles. The lowest BCUT2D eigenvalue weighted by Crippen LogP contribution is -2.38. The Hall–Kier alpha value is -4.72. The summed E-state index contributed by atoms with van der Waals surface area (Å²) in [6.45, 7) is 6.80. The van der Waals surface area contributed by atoms with Gasteiger partial charge in [-0.2, -0.15) is 0 Å². The van der Waals surface area contributed by atoms with Gasteiger partial charge in [-0.3, -0.25) is 24.2 Å². The molecule has 3 amide bonds. The van der Waals surface area contributed by atoms with Gasteiger partial charge in [0.25, 0.3) is 11.8 Å². The highest BCUT2D eigenvalue weighted by Gasteiger charge is 2.34. The largest absolute Gasteiger partial charge is 0.439 e. The topological polar surface area (TPSA) is 196 Å². The molecule has 0 spiro atoms. The Morgan fingerprint density at radius 1 is 1.11 bits per heavy atom. The molecule has 0 saturated heterocycles. The predicted molar refractivity (Wildman–Crippen MR) is 171 cm³/mol. The molecule has 2 bridgehead atoms. The Bertz CT molecular complexity index is 1530. The Morgan fingerprint density at radius 3 is 2.45 bits per heavy atom. The van der Waals surface area contributed by atoms with E-state index in [0.29, 0.717) is 5.57 Å². The van der Waals surface area contributed by atoms with E-state index in [0.717, 1.165) is 6.08 Å². The average Bonchev–Trinajstić information content (AvgIpc) is 3.04. The van der Waals surface area contributed by atoms with Crippen molar-refractivity contribution in [3.05, 3.63) is 88.6 Å². The Kier molecular flexibility index (Phi) is 13.1.